The molecule has 1 heterocycles. The lowest BCUT2D eigenvalue weighted by atomic mass is 9.63. The Morgan fingerprint density at radius 1 is 0.935 bits per heavy atom. The molecule has 4 aliphatic carbocycles. The number of Topliss-reactive ketones (excluding diaryl/α,β-unsaturated/α-hetero) is 1. The largest absolute Gasteiger partial charge is 0.483 e. The minimum Gasteiger partial charge on any atom is -0.483 e. The molecule has 2 aromatic carbocycles. The van der Waals surface area contributed by atoms with Crippen molar-refractivity contribution in [3.8, 4) is 5.75 Å². The maximum absolute atomic E-state index is 13.4. The number of anilines is 1. The number of amides is 2. The van der Waals surface area contributed by atoms with Gasteiger partial charge in [-0.05, 0) is 66.5 Å². The van der Waals surface area contributed by atoms with Crippen molar-refractivity contribution >= 4 is 23.3 Å². The van der Waals surface area contributed by atoms with Crippen LogP contribution in [0.4, 0.5) is 10.1 Å². The second kappa shape index (κ2) is 6.61. The molecule has 5 aliphatic rings. The van der Waals surface area contributed by atoms with E-state index < -0.39 is 5.82 Å². The summed E-state index contributed by atoms with van der Waals surface area (Å²) in [6.45, 7) is -0.275. The van der Waals surface area contributed by atoms with Gasteiger partial charge in [0.1, 0.15) is 11.6 Å². The van der Waals surface area contributed by atoms with E-state index in [1.54, 1.807) is 24.3 Å². The molecule has 0 spiro atoms. The van der Waals surface area contributed by atoms with E-state index >= 15 is 0 Å². The quantitative estimate of drug-likeness (QED) is 0.423. The van der Waals surface area contributed by atoms with Crippen molar-refractivity contribution in [3.05, 3.63) is 72.1 Å². The van der Waals surface area contributed by atoms with Gasteiger partial charge >= 0.3 is 0 Å². The number of hydrogen-bond donors (Lipinski definition) is 0. The SMILES string of the molecule is O=C(COc1ccccc1N1C(=O)[C@@H]2[C@@H]3C=C[C@H]([C@@H]4C[C@H]34)[C@H]2C1=O)c1ccc(F)cc1. The van der Waals surface area contributed by atoms with Gasteiger partial charge in [0.25, 0.3) is 0 Å². The predicted octanol–water partition coefficient (Wildman–Crippen LogP) is 3.64. The van der Waals surface area contributed by atoms with E-state index in [1.165, 1.54) is 29.2 Å². The number of ether oxygens (including phenoxy) is 1. The molecule has 0 radical (unpaired) electrons. The molecule has 2 aromatic rings. The first kappa shape index (κ1) is 18.5. The Morgan fingerprint density at radius 2 is 1.55 bits per heavy atom. The molecule has 6 heteroatoms. The predicted molar refractivity (Wildman–Crippen MR) is 110 cm³/mol. The van der Waals surface area contributed by atoms with Crippen molar-refractivity contribution in [2.45, 2.75) is 6.42 Å². The number of nitrogens with zero attached hydrogens (tertiary/aromatic N) is 1. The number of benzene rings is 2. The first-order valence-corrected chi connectivity index (χ1v) is 10.6. The Hall–Kier alpha value is -3.28. The number of para-hydroxylation sites is 2. The maximum atomic E-state index is 13.4. The summed E-state index contributed by atoms with van der Waals surface area (Å²) < 4.78 is 18.8. The minimum atomic E-state index is -0.420. The summed E-state index contributed by atoms with van der Waals surface area (Å²) in [5, 5.41) is 0. The highest BCUT2D eigenvalue weighted by molar-refractivity contribution is 6.23. The molecular weight excluding hydrogens is 397 g/mol. The Labute approximate surface area is 178 Å². The standard InChI is InChI=1S/C25H20FNO4/c26-14-7-5-13(6-8-14)20(28)12-31-21-4-2-1-3-19(21)27-24(29)22-15-9-10-16(18-11-17(15)18)23(22)25(27)30/h1-10,15-18,22-23H,11-12H2/t15-,16-,17-,18+,22-,23-/m1/s1. The zero-order valence-corrected chi connectivity index (χ0v) is 16.6. The van der Waals surface area contributed by atoms with Crippen LogP contribution in [0.2, 0.25) is 0 Å². The van der Waals surface area contributed by atoms with Gasteiger partial charge in [-0.25, -0.2) is 9.29 Å². The molecule has 0 N–H and O–H groups in total. The summed E-state index contributed by atoms with van der Waals surface area (Å²) in [6, 6.07) is 12.1. The van der Waals surface area contributed by atoms with Crippen LogP contribution in [0, 0.1) is 41.3 Å². The monoisotopic (exact) mass is 417 g/mol. The second-order valence-electron chi connectivity index (χ2n) is 8.85. The number of carbonyl (C=O) groups is 3. The number of allylic oxidation sites excluding steroid dienone is 2. The van der Waals surface area contributed by atoms with Gasteiger partial charge in [0.05, 0.1) is 17.5 Å². The lowest BCUT2D eigenvalue weighted by Gasteiger charge is -2.37. The molecule has 2 bridgehead atoms. The van der Waals surface area contributed by atoms with E-state index in [0.717, 1.165) is 6.42 Å². The van der Waals surface area contributed by atoms with Gasteiger partial charge in [-0.15, -0.1) is 0 Å². The third kappa shape index (κ3) is 2.70. The van der Waals surface area contributed by atoms with E-state index in [9.17, 15) is 18.8 Å². The lowest BCUT2D eigenvalue weighted by molar-refractivity contribution is -0.124. The molecule has 1 aliphatic heterocycles. The van der Waals surface area contributed by atoms with Gasteiger partial charge < -0.3 is 4.74 Å². The van der Waals surface area contributed by atoms with Gasteiger partial charge in [-0.1, -0.05) is 24.3 Å². The van der Waals surface area contributed by atoms with E-state index in [4.69, 9.17) is 4.74 Å². The third-order valence-electron chi connectivity index (χ3n) is 7.29. The summed E-state index contributed by atoms with van der Waals surface area (Å²) >= 11 is 0. The van der Waals surface area contributed by atoms with Crippen LogP contribution in [0.15, 0.2) is 60.7 Å². The molecule has 7 rings (SSSR count). The summed E-state index contributed by atoms with van der Waals surface area (Å²) in [5.74, 6) is 0.0244. The molecule has 5 nitrogen and oxygen atoms in total. The van der Waals surface area contributed by atoms with Crippen LogP contribution in [0.25, 0.3) is 0 Å². The highest BCUT2D eigenvalue weighted by Gasteiger charge is 2.67. The number of rotatable bonds is 5. The normalized spacial score (nSPS) is 32.1. The van der Waals surface area contributed by atoms with Crippen LogP contribution in [-0.4, -0.2) is 24.2 Å². The molecule has 0 aromatic heterocycles. The molecule has 31 heavy (non-hydrogen) atoms. The van der Waals surface area contributed by atoms with Gasteiger partial charge in [0.15, 0.2) is 12.4 Å². The number of halogens is 1. The smallest absolute Gasteiger partial charge is 0.238 e. The third-order valence-corrected chi connectivity index (χ3v) is 7.29. The van der Waals surface area contributed by atoms with E-state index in [1.807, 2.05) is 0 Å². The van der Waals surface area contributed by atoms with Crippen LogP contribution in [0.3, 0.4) is 0 Å². The van der Waals surface area contributed by atoms with Gasteiger partial charge in [0.2, 0.25) is 11.8 Å². The number of hydrogen-bond acceptors (Lipinski definition) is 4. The van der Waals surface area contributed by atoms with Crippen molar-refractivity contribution in [1.82, 2.24) is 0 Å². The van der Waals surface area contributed by atoms with Crippen LogP contribution >= 0.6 is 0 Å². The van der Waals surface area contributed by atoms with Crippen LogP contribution < -0.4 is 9.64 Å². The van der Waals surface area contributed by atoms with Gasteiger partial charge in [-0.3, -0.25) is 14.4 Å². The molecule has 0 unspecified atom stereocenters. The average molecular weight is 417 g/mol. The van der Waals surface area contributed by atoms with E-state index in [2.05, 4.69) is 12.2 Å². The summed E-state index contributed by atoms with van der Waals surface area (Å²) in [4.78, 5) is 40.4. The highest BCUT2D eigenvalue weighted by atomic mass is 19.1. The van der Waals surface area contributed by atoms with Crippen molar-refractivity contribution < 1.29 is 23.5 Å². The topological polar surface area (TPSA) is 63.7 Å². The number of imide groups is 1. The molecule has 2 amide bonds. The zero-order chi connectivity index (χ0) is 21.3. The minimum absolute atomic E-state index is 0.148. The van der Waals surface area contributed by atoms with Crippen LogP contribution in [0.1, 0.15) is 16.8 Å². The van der Waals surface area contributed by atoms with Crippen LogP contribution in [-0.2, 0) is 9.59 Å². The molecule has 6 atom stereocenters. The Bertz CT molecular complexity index is 1100. The average Bonchev–Trinajstić information content (AvgIpc) is 3.56. The fourth-order valence-corrected chi connectivity index (χ4v) is 5.82. The van der Waals surface area contributed by atoms with Gasteiger partial charge in [-0.2, -0.15) is 0 Å². The van der Waals surface area contributed by atoms with E-state index in [-0.39, 0.29) is 47.9 Å². The van der Waals surface area contributed by atoms with Crippen molar-refractivity contribution in [2.75, 3.05) is 11.5 Å². The number of ketones is 1. The van der Waals surface area contributed by atoms with Crippen molar-refractivity contribution in [1.29, 1.82) is 0 Å². The Kier molecular flexibility index (Phi) is 3.94. The van der Waals surface area contributed by atoms with Crippen molar-refractivity contribution in [2.24, 2.45) is 35.5 Å². The molecule has 1 saturated heterocycles. The fourth-order valence-electron chi connectivity index (χ4n) is 5.82. The van der Waals surface area contributed by atoms with Gasteiger partial charge in [0, 0.05) is 5.56 Å². The summed E-state index contributed by atoms with van der Waals surface area (Å²) in [6.07, 6.45) is 5.39. The maximum Gasteiger partial charge on any atom is 0.238 e. The first-order chi connectivity index (χ1) is 15.0. The lowest BCUT2D eigenvalue weighted by Crippen LogP contribution is -2.40. The summed E-state index contributed by atoms with van der Waals surface area (Å²) in [7, 11) is 0. The van der Waals surface area contributed by atoms with Crippen LogP contribution in [0.5, 0.6) is 5.75 Å². The van der Waals surface area contributed by atoms with Crippen molar-refractivity contribution in [3.63, 3.8) is 0 Å². The fraction of sp³-hybridized carbons (Fsp3) is 0.320. The molecule has 156 valence electrons. The Morgan fingerprint density at radius 3 is 2.19 bits per heavy atom. The number of carbonyl (C=O) groups excluding carboxylic acids is 3. The highest BCUT2D eigenvalue weighted by Crippen LogP contribution is 2.65. The molecular formula is C25H20FNO4. The van der Waals surface area contributed by atoms with E-state index in [0.29, 0.717) is 28.8 Å². The zero-order valence-electron chi connectivity index (χ0n) is 16.6. The Balaban J connectivity index is 1.26. The second-order valence-corrected chi connectivity index (χ2v) is 8.85. The summed E-state index contributed by atoms with van der Waals surface area (Å²) in [5.41, 5.74) is 0.715. The first-order valence-electron chi connectivity index (χ1n) is 10.6. The molecule has 3 fully saturated rings. The molecule has 2 saturated carbocycles.